The van der Waals surface area contributed by atoms with Gasteiger partial charge < -0.3 is 9.13 Å². The highest BCUT2D eigenvalue weighted by molar-refractivity contribution is 6.25. The van der Waals surface area contributed by atoms with E-state index in [1.807, 2.05) is 72.8 Å². The molecule has 214 valence electrons. The average Bonchev–Trinajstić information content (AvgIpc) is 3.73. The summed E-state index contributed by atoms with van der Waals surface area (Å²) in [6, 6.07) is 27.9. The maximum Gasteiger partial charge on any atom is 0.0645 e. The highest BCUT2D eigenvalue weighted by atomic mass is 15.0. The van der Waals surface area contributed by atoms with Crippen LogP contribution in [0.15, 0.2) is 170 Å². The summed E-state index contributed by atoms with van der Waals surface area (Å²) in [6.45, 7) is 0. The summed E-state index contributed by atoms with van der Waals surface area (Å²) in [7, 11) is 0. The molecule has 2 nitrogen and oxygen atoms in total. The van der Waals surface area contributed by atoms with Crippen molar-refractivity contribution in [2.75, 3.05) is 0 Å². The van der Waals surface area contributed by atoms with Gasteiger partial charge in [-0.1, -0.05) is 121 Å². The SMILES string of the molecule is [2H]c1c([2H])c(-n2c3ccccc3c3cc4c5c6ccccc6ccc5n(-c5ccccc5)c4cc32)c([2H])c([2H])c1-c1c([2H])c([2H])c([2H])c2c([2H])c([2H])c([2H])c([2H])c12. The first-order valence-electron chi connectivity index (χ1n) is 20.5. The van der Waals surface area contributed by atoms with E-state index in [1.165, 1.54) is 0 Å². The second-order valence-corrected chi connectivity index (χ2v) is 11.3. The first-order chi connectivity index (χ1) is 27.4. The van der Waals surface area contributed by atoms with E-state index in [4.69, 9.17) is 9.60 Å². The van der Waals surface area contributed by atoms with Gasteiger partial charge in [-0.05, 0) is 81.2 Å². The molecule has 0 bridgehead atoms. The normalized spacial score (nSPS) is 15.3. The molecule has 0 radical (unpaired) electrons. The van der Waals surface area contributed by atoms with E-state index in [2.05, 4.69) is 34.9 Å². The maximum atomic E-state index is 9.50. The third kappa shape index (κ3) is 3.59. The molecular weight excluding hydrogens is 556 g/mol. The second-order valence-electron chi connectivity index (χ2n) is 11.3. The average molecular weight is 596 g/mol. The first kappa shape index (κ1) is 16.8. The molecule has 0 spiro atoms. The minimum atomic E-state index is -0.656. The van der Waals surface area contributed by atoms with Crippen molar-refractivity contribution >= 4 is 65.2 Å². The van der Waals surface area contributed by atoms with Crippen LogP contribution < -0.4 is 0 Å². The van der Waals surface area contributed by atoms with Crippen LogP contribution in [0, 0.1) is 0 Å². The Kier molecular flexibility index (Phi) is 3.54. The summed E-state index contributed by atoms with van der Waals surface area (Å²) in [5, 5.41) is 5.29. The van der Waals surface area contributed by atoms with Crippen LogP contribution >= 0.6 is 0 Å². The van der Waals surface area contributed by atoms with E-state index < -0.39 is 66.5 Å². The number of fused-ring (bicyclic) bond motifs is 9. The van der Waals surface area contributed by atoms with E-state index in [0.29, 0.717) is 11.0 Å². The van der Waals surface area contributed by atoms with Crippen molar-refractivity contribution < 1.29 is 15.1 Å². The van der Waals surface area contributed by atoms with Gasteiger partial charge in [0.2, 0.25) is 0 Å². The number of hydrogen-bond donors (Lipinski definition) is 0. The van der Waals surface area contributed by atoms with Gasteiger partial charge in [-0.25, -0.2) is 0 Å². The lowest BCUT2D eigenvalue weighted by Gasteiger charge is -2.12. The molecule has 0 N–H and O–H groups in total. The molecule has 2 heterocycles. The molecule has 0 atom stereocenters. The zero-order valence-electron chi connectivity index (χ0n) is 35.2. The maximum absolute atomic E-state index is 9.50. The van der Waals surface area contributed by atoms with Crippen molar-refractivity contribution in [3.63, 3.8) is 0 Å². The smallest absolute Gasteiger partial charge is 0.0645 e. The Morgan fingerprint density at radius 1 is 0.391 bits per heavy atom. The molecule has 0 unspecified atom stereocenters. The van der Waals surface area contributed by atoms with Gasteiger partial charge in [0.15, 0.2) is 0 Å². The number of benzene rings is 8. The quantitative estimate of drug-likeness (QED) is 0.192. The number of hydrogen-bond acceptors (Lipinski definition) is 0. The predicted molar refractivity (Wildman–Crippen MR) is 196 cm³/mol. The van der Waals surface area contributed by atoms with Crippen LogP contribution in [0.25, 0.3) is 87.7 Å². The Hall–Kier alpha value is -6.12. The minimum Gasteiger partial charge on any atom is -0.309 e. The standard InChI is InChI=1S/C44H28N2/c1-2-14-32(15-3-1)46-41-26-23-30-12-5-7-17-36(30)44(41)39-27-38-37-18-8-9-20-40(37)45(42(38)28-43(39)46)33-24-21-31(22-25-33)35-19-10-13-29-11-4-6-16-34(29)35/h1-28H/i4D,6D,10D,11D,13D,16D,19D,21D,22D,24D,25D. The number of nitrogens with zero attached hydrogens (tertiary/aromatic N) is 2. The third-order valence-corrected chi connectivity index (χ3v) is 8.86. The molecule has 0 fully saturated rings. The Balaban J connectivity index is 1.34. The van der Waals surface area contributed by atoms with Crippen LogP contribution in [0.5, 0.6) is 0 Å². The van der Waals surface area contributed by atoms with Crippen molar-refractivity contribution in [1.82, 2.24) is 9.13 Å². The van der Waals surface area contributed by atoms with Crippen LogP contribution in [0.3, 0.4) is 0 Å². The van der Waals surface area contributed by atoms with Gasteiger partial charge in [-0.2, -0.15) is 0 Å². The predicted octanol–water partition coefficient (Wildman–Crippen LogP) is 11.9. The zero-order chi connectivity index (χ0) is 39.8. The molecule has 46 heavy (non-hydrogen) atoms. The Bertz CT molecular complexity index is 3390. The van der Waals surface area contributed by atoms with Crippen molar-refractivity contribution in [1.29, 1.82) is 0 Å². The molecule has 2 aromatic heterocycles. The van der Waals surface area contributed by atoms with E-state index >= 15 is 0 Å². The Morgan fingerprint density at radius 3 is 2.00 bits per heavy atom. The lowest BCUT2D eigenvalue weighted by molar-refractivity contribution is 1.16. The summed E-state index contributed by atoms with van der Waals surface area (Å²) in [4.78, 5) is 0. The van der Waals surface area contributed by atoms with E-state index in [1.54, 1.807) is 4.57 Å². The van der Waals surface area contributed by atoms with Crippen molar-refractivity contribution in [3.05, 3.63) is 170 Å². The fraction of sp³-hybridized carbons (Fsp3) is 0. The zero-order valence-corrected chi connectivity index (χ0v) is 24.2. The van der Waals surface area contributed by atoms with E-state index in [9.17, 15) is 5.48 Å². The van der Waals surface area contributed by atoms with Crippen LogP contribution in [0.2, 0.25) is 0 Å². The van der Waals surface area contributed by atoms with Crippen LogP contribution in [0.1, 0.15) is 15.1 Å². The molecule has 0 aliphatic rings. The van der Waals surface area contributed by atoms with Gasteiger partial charge in [0, 0.05) is 32.9 Å². The molecule has 8 aromatic carbocycles. The minimum absolute atomic E-state index is 0.0481. The van der Waals surface area contributed by atoms with Gasteiger partial charge in [0.25, 0.3) is 0 Å². The molecule has 10 rings (SSSR count). The second kappa shape index (κ2) is 9.69. The van der Waals surface area contributed by atoms with Crippen LogP contribution in [0.4, 0.5) is 0 Å². The summed E-state index contributed by atoms with van der Waals surface area (Å²) < 4.78 is 102. The lowest BCUT2D eigenvalue weighted by atomic mass is 9.98. The van der Waals surface area contributed by atoms with E-state index in [-0.39, 0.29) is 27.6 Å². The molecule has 0 aliphatic heterocycles. The van der Waals surface area contributed by atoms with Gasteiger partial charge in [-0.3, -0.25) is 0 Å². The molecule has 10 aromatic rings. The molecule has 0 saturated carbocycles. The molecule has 0 aliphatic carbocycles. The fourth-order valence-electron chi connectivity index (χ4n) is 6.89. The van der Waals surface area contributed by atoms with Crippen molar-refractivity contribution in [2.24, 2.45) is 0 Å². The monoisotopic (exact) mass is 595 g/mol. The number of para-hydroxylation sites is 2. The summed E-state index contributed by atoms with van der Waals surface area (Å²) >= 11 is 0. The Morgan fingerprint density at radius 2 is 1.11 bits per heavy atom. The molecule has 2 heteroatoms. The van der Waals surface area contributed by atoms with Gasteiger partial charge >= 0.3 is 0 Å². The van der Waals surface area contributed by atoms with Crippen LogP contribution in [-0.4, -0.2) is 9.13 Å². The summed E-state index contributed by atoms with van der Waals surface area (Å²) in [5.74, 6) is 0. The van der Waals surface area contributed by atoms with Crippen molar-refractivity contribution in [3.8, 4) is 22.5 Å². The molecule has 0 saturated heterocycles. The largest absolute Gasteiger partial charge is 0.309 e. The van der Waals surface area contributed by atoms with Gasteiger partial charge in [0.1, 0.15) is 0 Å². The lowest BCUT2D eigenvalue weighted by Crippen LogP contribution is -1.96. The van der Waals surface area contributed by atoms with E-state index in [0.717, 1.165) is 49.0 Å². The van der Waals surface area contributed by atoms with Crippen molar-refractivity contribution in [2.45, 2.75) is 0 Å². The number of rotatable bonds is 3. The summed E-state index contributed by atoms with van der Waals surface area (Å²) in [5.41, 5.74) is 3.29. The van der Waals surface area contributed by atoms with Gasteiger partial charge in [0.05, 0.1) is 37.1 Å². The van der Waals surface area contributed by atoms with Crippen LogP contribution in [-0.2, 0) is 0 Å². The summed E-state index contributed by atoms with van der Waals surface area (Å²) in [6.07, 6.45) is 0. The number of aromatic nitrogens is 2. The molecule has 0 amide bonds. The highest BCUT2D eigenvalue weighted by Crippen LogP contribution is 2.42. The Labute approximate surface area is 281 Å². The topological polar surface area (TPSA) is 9.86 Å². The highest BCUT2D eigenvalue weighted by Gasteiger charge is 2.19. The first-order valence-corrected chi connectivity index (χ1v) is 15.0. The fourth-order valence-corrected chi connectivity index (χ4v) is 6.89. The third-order valence-electron chi connectivity index (χ3n) is 8.86. The molecular formula is C44H28N2. The van der Waals surface area contributed by atoms with Gasteiger partial charge in [-0.15, -0.1) is 0 Å².